The summed E-state index contributed by atoms with van der Waals surface area (Å²) < 4.78 is 51.8. The van der Waals surface area contributed by atoms with Gasteiger partial charge in [0.05, 0.1) is 15.1 Å². The molecule has 0 heterocycles. The van der Waals surface area contributed by atoms with Crippen LogP contribution in [0.3, 0.4) is 0 Å². The molecule has 1 rings (SSSR count). The number of hydrogen-bond acceptors (Lipinski definition) is 5. The van der Waals surface area contributed by atoms with Crippen LogP contribution in [0.1, 0.15) is 6.92 Å². The van der Waals surface area contributed by atoms with Crippen molar-refractivity contribution in [3.05, 3.63) is 21.6 Å². The van der Waals surface area contributed by atoms with Crippen molar-refractivity contribution < 1.29 is 16.8 Å². The predicted octanol–water partition coefficient (Wildman–Crippen LogP) is 0.902. The number of benzene rings is 1. The van der Waals surface area contributed by atoms with Crippen molar-refractivity contribution in [3.63, 3.8) is 0 Å². The number of halogens is 2. The Balaban J connectivity index is 2.89. The van der Waals surface area contributed by atoms with Gasteiger partial charge in [0, 0.05) is 23.8 Å². The fraction of sp³-hybridized carbons (Fsp3) is 0.400. The minimum Gasteiger partial charge on any atom is -0.398 e. The topological polar surface area (TPSA) is 118 Å². The molecule has 1 aromatic rings. The maximum atomic E-state index is 12.1. The van der Waals surface area contributed by atoms with Crippen LogP contribution in [-0.4, -0.2) is 35.7 Å². The summed E-state index contributed by atoms with van der Waals surface area (Å²) in [4.78, 5) is -0.145. The molecule has 0 amide bonds. The Morgan fingerprint density at radius 2 is 1.86 bits per heavy atom. The van der Waals surface area contributed by atoms with Crippen LogP contribution in [0.15, 0.2) is 21.5 Å². The maximum absolute atomic E-state index is 12.1. The van der Waals surface area contributed by atoms with Crippen molar-refractivity contribution in [2.24, 2.45) is 0 Å². The van der Waals surface area contributed by atoms with Gasteiger partial charge in [0.1, 0.15) is 0 Å². The van der Waals surface area contributed by atoms with Gasteiger partial charge in [0.25, 0.3) is 0 Å². The highest BCUT2D eigenvalue weighted by Gasteiger charge is 2.21. The molecule has 0 aliphatic heterocycles. The summed E-state index contributed by atoms with van der Waals surface area (Å²) in [6.45, 7) is 1.61. The monoisotopic (exact) mass is 419 g/mol. The Bertz CT molecular complexity index is 722. The van der Waals surface area contributed by atoms with Gasteiger partial charge in [-0.05, 0) is 28.1 Å². The van der Waals surface area contributed by atoms with E-state index in [0.29, 0.717) is 0 Å². The van der Waals surface area contributed by atoms with Crippen LogP contribution >= 0.6 is 27.5 Å². The highest BCUT2D eigenvalue weighted by Crippen LogP contribution is 2.31. The van der Waals surface area contributed by atoms with Gasteiger partial charge in [-0.25, -0.2) is 26.3 Å². The summed E-state index contributed by atoms with van der Waals surface area (Å²) in [5, 5.41) is 0.163. The lowest BCUT2D eigenvalue weighted by molar-refractivity contribution is 0.576. The molecule has 0 atom stereocenters. The average molecular weight is 421 g/mol. The maximum Gasteiger partial charge on any atom is 0.241 e. The number of nitrogens with two attached hydrogens (primary N) is 1. The third kappa shape index (κ3) is 5.38. The van der Waals surface area contributed by atoms with E-state index in [-0.39, 0.29) is 38.9 Å². The molecule has 4 N–H and O–H groups in total. The highest BCUT2D eigenvalue weighted by molar-refractivity contribution is 9.10. The van der Waals surface area contributed by atoms with Gasteiger partial charge in [0.15, 0.2) is 0 Å². The molecule has 7 nitrogen and oxygen atoms in total. The Kier molecular flexibility index (Phi) is 6.44. The summed E-state index contributed by atoms with van der Waals surface area (Å²) in [5.74, 6) is -0.367. The van der Waals surface area contributed by atoms with E-state index in [4.69, 9.17) is 17.3 Å². The molecule has 0 aliphatic carbocycles. The molecule has 0 saturated carbocycles. The third-order valence-corrected chi connectivity index (χ3v) is 6.67. The molecular weight excluding hydrogens is 406 g/mol. The van der Waals surface area contributed by atoms with Crippen molar-refractivity contribution >= 4 is 53.3 Å². The first kappa shape index (κ1) is 18.7. The van der Waals surface area contributed by atoms with E-state index in [1.165, 1.54) is 12.1 Å². The molecule has 0 radical (unpaired) electrons. The average Bonchev–Trinajstić information content (AvgIpc) is 2.32. The van der Waals surface area contributed by atoms with Gasteiger partial charge < -0.3 is 5.73 Å². The number of anilines is 1. The second-order valence-electron chi connectivity index (χ2n) is 4.02. The molecule has 0 unspecified atom stereocenters. The lowest BCUT2D eigenvalue weighted by atomic mass is 10.3. The molecule has 0 aromatic heterocycles. The van der Waals surface area contributed by atoms with Crippen molar-refractivity contribution in [2.45, 2.75) is 11.8 Å². The molecule has 0 fully saturated rings. The quantitative estimate of drug-likeness (QED) is 0.566. The van der Waals surface area contributed by atoms with E-state index in [0.717, 1.165) is 0 Å². The largest absolute Gasteiger partial charge is 0.398 e. The molecule has 0 spiro atoms. The molecular formula is C10H15BrClN3O4S2. The van der Waals surface area contributed by atoms with Gasteiger partial charge in [0.2, 0.25) is 20.0 Å². The summed E-state index contributed by atoms with van der Waals surface area (Å²) in [6.07, 6.45) is 0. The first-order valence-corrected chi connectivity index (χ1v) is 10.1. The standard InChI is InChI=1S/C10H15BrClN3O4S2/c1-2-14-20(16,17)4-3-15-21(18,19)9-6-7(12)5-8(13)10(9)11/h5-6,14-15H,2-4,13H2,1H3. The molecule has 0 bridgehead atoms. The normalized spacial score (nSPS) is 12.5. The van der Waals surface area contributed by atoms with Gasteiger partial charge in [-0.2, -0.15) is 0 Å². The van der Waals surface area contributed by atoms with E-state index in [2.05, 4.69) is 25.4 Å². The van der Waals surface area contributed by atoms with Crippen molar-refractivity contribution in [1.82, 2.24) is 9.44 Å². The fourth-order valence-electron chi connectivity index (χ4n) is 1.46. The minimum atomic E-state index is -3.93. The number of hydrogen-bond donors (Lipinski definition) is 3. The SMILES string of the molecule is CCNS(=O)(=O)CCNS(=O)(=O)c1cc(Cl)cc(N)c1Br. The van der Waals surface area contributed by atoms with E-state index < -0.39 is 20.0 Å². The zero-order valence-electron chi connectivity index (χ0n) is 11.1. The zero-order valence-corrected chi connectivity index (χ0v) is 15.0. The minimum absolute atomic E-state index is 0.145. The summed E-state index contributed by atoms with van der Waals surface area (Å²) in [7, 11) is -7.43. The fourth-order valence-corrected chi connectivity index (χ4v) is 4.87. The molecule has 0 aliphatic rings. The lowest BCUT2D eigenvalue weighted by Gasteiger charge is -2.11. The van der Waals surface area contributed by atoms with Crippen molar-refractivity contribution in [2.75, 3.05) is 24.6 Å². The molecule has 21 heavy (non-hydrogen) atoms. The second-order valence-corrected chi connectivity index (χ2v) is 8.91. The Morgan fingerprint density at radius 3 is 2.43 bits per heavy atom. The highest BCUT2D eigenvalue weighted by atomic mass is 79.9. The number of sulfonamides is 2. The summed E-state index contributed by atoms with van der Waals surface area (Å²) in [6, 6.07) is 2.63. The van der Waals surface area contributed by atoms with Crippen LogP contribution in [0.2, 0.25) is 5.02 Å². The van der Waals surface area contributed by atoms with Crippen LogP contribution in [0.5, 0.6) is 0 Å². The number of nitrogens with one attached hydrogen (secondary N) is 2. The number of rotatable bonds is 7. The first-order valence-electron chi connectivity index (χ1n) is 5.80. The van der Waals surface area contributed by atoms with Crippen molar-refractivity contribution in [1.29, 1.82) is 0 Å². The van der Waals surface area contributed by atoms with Crippen LogP contribution in [0.4, 0.5) is 5.69 Å². The summed E-state index contributed by atoms with van der Waals surface area (Å²) >= 11 is 8.85. The van der Waals surface area contributed by atoms with E-state index in [1.54, 1.807) is 6.92 Å². The molecule has 0 saturated heterocycles. The van der Waals surface area contributed by atoms with Crippen LogP contribution in [0.25, 0.3) is 0 Å². The van der Waals surface area contributed by atoms with Gasteiger partial charge in [-0.15, -0.1) is 0 Å². The van der Waals surface area contributed by atoms with E-state index >= 15 is 0 Å². The lowest BCUT2D eigenvalue weighted by Crippen LogP contribution is -2.34. The Labute approximate surface area is 137 Å². The Morgan fingerprint density at radius 1 is 1.24 bits per heavy atom. The molecule has 11 heteroatoms. The zero-order chi connectivity index (χ0) is 16.3. The third-order valence-electron chi connectivity index (χ3n) is 2.35. The van der Waals surface area contributed by atoms with Gasteiger partial charge in [-0.1, -0.05) is 18.5 Å². The van der Waals surface area contributed by atoms with Gasteiger partial charge >= 0.3 is 0 Å². The van der Waals surface area contributed by atoms with Gasteiger partial charge in [-0.3, -0.25) is 0 Å². The van der Waals surface area contributed by atoms with Crippen LogP contribution in [0, 0.1) is 0 Å². The van der Waals surface area contributed by atoms with E-state index in [1.807, 2.05) is 0 Å². The summed E-state index contributed by atoms with van der Waals surface area (Å²) in [5.41, 5.74) is 5.80. The van der Waals surface area contributed by atoms with Crippen LogP contribution < -0.4 is 15.2 Å². The smallest absolute Gasteiger partial charge is 0.241 e. The van der Waals surface area contributed by atoms with E-state index in [9.17, 15) is 16.8 Å². The Hall–Kier alpha value is -0.390. The van der Waals surface area contributed by atoms with Crippen molar-refractivity contribution in [3.8, 4) is 0 Å². The first-order chi connectivity index (χ1) is 9.59. The predicted molar refractivity (Wildman–Crippen MR) is 86.2 cm³/mol. The second kappa shape index (κ2) is 7.25. The van der Waals surface area contributed by atoms with Crippen LogP contribution in [-0.2, 0) is 20.0 Å². The molecule has 120 valence electrons. The molecule has 1 aromatic carbocycles. The number of nitrogen functional groups attached to an aromatic ring is 1.